The van der Waals surface area contributed by atoms with Gasteiger partial charge in [0.15, 0.2) is 0 Å². The van der Waals surface area contributed by atoms with Crippen LogP contribution in [0.5, 0.6) is 0 Å². The van der Waals surface area contributed by atoms with Crippen molar-refractivity contribution in [3.8, 4) is 0 Å². The highest BCUT2D eigenvalue weighted by Crippen LogP contribution is 2.25. The van der Waals surface area contributed by atoms with E-state index in [9.17, 15) is 4.39 Å². The Balaban J connectivity index is 2.22. The molecule has 0 spiro atoms. The van der Waals surface area contributed by atoms with Crippen molar-refractivity contribution in [1.29, 1.82) is 0 Å². The zero-order valence-corrected chi connectivity index (χ0v) is 10.6. The van der Waals surface area contributed by atoms with E-state index in [1.165, 1.54) is 6.07 Å². The van der Waals surface area contributed by atoms with Crippen LogP contribution >= 0.6 is 15.9 Å². The Hall–Kier alpha value is -1.17. The summed E-state index contributed by atoms with van der Waals surface area (Å²) in [4.78, 5) is 0. The molecule has 0 bridgehead atoms. The minimum Gasteiger partial charge on any atom is -0.468 e. The van der Waals surface area contributed by atoms with Crippen molar-refractivity contribution in [1.82, 2.24) is 5.43 Å². The van der Waals surface area contributed by atoms with Crippen molar-refractivity contribution < 1.29 is 8.81 Å². The summed E-state index contributed by atoms with van der Waals surface area (Å²) in [5, 5.41) is 0. The van der Waals surface area contributed by atoms with Gasteiger partial charge in [0.05, 0.1) is 16.8 Å². The van der Waals surface area contributed by atoms with E-state index in [1.54, 1.807) is 18.4 Å². The minimum atomic E-state index is -0.280. The third-order valence-electron chi connectivity index (χ3n) is 2.54. The van der Waals surface area contributed by atoms with E-state index in [0.29, 0.717) is 10.9 Å². The molecule has 2 rings (SSSR count). The molecule has 0 fully saturated rings. The van der Waals surface area contributed by atoms with E-state index in [0.717, 1.165) is 11.3 Å². The molecule has 3 nitrogen and oxygen atoms in total. The largest absolute Gasteiger partial charge is 0.468 e. The zero-order valence-electron chi connectivity index (χ0n) is 8.99. The number of hydrogen-bond donors (Lipinski definition) is 2. The second-order valence-corrected chi connectivity index (χ2v) is 4.44. The number of rotatable bonds is 4. The van der Waals surface area contributed by atoms with Crippen LogP contribution < -0.4 is 11.3 Å². The first-order chi connectivity index (χ1) is 8.22. The third kappa shape index (κ3) is 2.74. The molecule has 0 amide bonds. The Kier molecular flexibility index (Phi) is 3.93. The maximum absolute atomic E-state index is 13.4. The van der Waals surface area contributed by atoms with Crippen LogP contribution in [0, 0.1) is 5.82 Å². The quantitative estimate of drug-likeness (QED) is 0.674. The summed E-state index contributed by atoms with van der Waals surface area (Å²) in [5.74, 6) is 5.93. The molecule has 1 heterocycles. The number of furan rings is 1. The van der Waals surface area contributed by atoms with Gasteiger partial charge in [0, 0.05) is 0 Å². The molecule has 2 aromatic rings. The van der Waals surface area contributed by atoms with Gasteiger partial charge < -0.3 is 4.42 Å². The topological polar surface area (TPSA) is 51.2 Å². The summed E-state index contributed by atoms with van der Waals surface area (Å²) in [6.07, 6.45) is 2.13. The van der Waals surface area contributed by atoms with Gasteiger partial charge in [-0.15, -0.1) is 0 Å². The van der Waals surface area contributed by atoms with Crippen molar-refractivity contribution in [3.63, 3.8) is 0 Å². The van der Waals surface area contributed by atoms with E-state index in [-0.39, 0.29) is 11.9 Å². The van der Waals surface area contributed by atoms with Crippen LogP contribution in [0.25, 0.3) is 0 Å². The Morgan fingerprint density at radius 2 is 2.18 bits per heavy atom. The zero-order chi connectivity index (χ0) is 12.3. The highest BCUT2D eigenvalue weighted by atomic mass is 79.9. The summed E-state index contributed by atoms with van der Waals surface area (Å²) in [7, 11) is 0. The lowest BCUT2D eigenvalue weighted by Gasteiger charge is -2.14. The van der Waals surface area contributed by atoms with E-state index in [4.69, 9.17) is 10.3 Å². The Labute approximate surface area is 107 Å². The first-order valence-corrected chi connectivity index (χ1v) is 5.94. The molecule has 1 atom stereocenters. The number of nitrogens with two attached hydrogens (primary N) is 1. The lowest BCUT2D eigenvalue weighted by atomic mass is 10.0. The summed E-state index contributed by atoms with van der Waals surface area (Å²) in [6, 6.07) is 8.37. The van der Waals surface area contributed by atoms with E-state index in [1.807, 2.05) is 12.1 Å². The fraction of sp³-hybridized carbons (Fsp3) is 0.167. The van der Waals surface area contributed by atoms with E-state index in [2.05, 4.69) is 21.4 Å². The van der Waals surface area contributed by atoms with Crippen molar-refractivity contribution in [3.05, 3.63) is 58.2 Å². The van der Waals surface area contributed by atoms with Gasteiger partial charge in [-0.25, -0.2) is 9.82 Å². The molecule has 1 aromatic carbocycles. The summed E-state index contributed by atoms with van der Waals surface area (Å²) in [6.45, 7) is 0. The van der Waals surface area contributed by atoms with Crippen molar-refractivity contribution in [2.45, 2.75) is 12.5 Å². The van der Waals surface area contributed by atoms with Crippen LogP contribution in [0.3, 0.4) is 0 Å². The predicted molar refractivity (Wildman–Crippen MR) is 66.6 cm³/mol. The standard InChI is InChI=1S/C12H12BrFN2O/c13-12-8(3-1-4-9(12)14)7-10(16-15)11-5-2-6-17-11/h1-6,10,16H,7,15H2. The smallest absolute Gasteiger partial charge is 0.137 e. The second-order valence-electron chi connectivity index (χ2n) is 3.65. The summed E-state index contributed by atoms with van der Waals surface area (Å²) in [5.41, 5.74) is 3.50. The number of nitrogens with one attached hydrogen (secondary N) is 1. The number of benzene rings is 1. The fourth-order valence-corrected chi connectivity index (χ4v) is 2.08. The lowest BCUT2D eigenvalue weighted by molar-refractivity contribution is 0.415. The highest BCUT2D eigenvalue weighted by Gasteiger charge is 2.15. The molecule has 0 aliphatic carbocycles. The molecule has 1 aromatic heterocycles. The highest BCUT2D eigenvalue weighted by molar-refractivity contribution is 9.10. The molecular formula is C12H12BrFN2O. The van der Waals surface area contributed by atoms with Gasteiger partial charge in [-0.3, -0.25) is 5.84 Å². The average Bonchev–Trinajstić information content (AvgIpc) is 2.85. The van der Waals surface area contributed by atoms with Crippen molar-refractivity contribution in [2.24, 2.45) is 5.84 Å². The molecule has 0 aliphatic heterocycles. The number of hydrogen-bond acceptors (Lipinski definition) is 3. The molecule has 0 radical (unpaired) electrons. The predicted octanol–water partition coefficient (Wildman–Crippen LogP) is 2.93. The van der Waals surface area contributed by atoms with Crippen molar-refractivity contribution >= 4 is 15.9 Å². The first kappa shape index (κ1) is 12.3. The Morgan fingerprint density at radius 3 is 2.82 bits per heavy atom. The molecular weight excluding hydrogens is 287 g/mol. The molecule has 1 unspecified atom stereocenters. The maximum Gasteiger partial charge on any atom is 0.137 e. The normalized spacial score (nSPS) is 12.6. The molecule has 0 aliphatic rings. The number of halogens is 2. The van der Waals surface area contributed by atoms with Crippen LogP contribution in [-0.2, 0) is 6.42 Å². The lowest BCUT2D eigenvalue weighted by Crippen LogP contribution is -2.29. The summed E-state index contributed by atoms with van der Waals surface area (Å²) < 4.78 is 19.1. The van der Waals surface area contributed by atoms with Crippen LogP contribution in [0.2, 0.25) is 0 Å². The van der Waals surface area contributed by atoms with Crippen LogP contribution in [0.15, 0.2) is 45.5 Å². The van der Waals surface area contributed by atoms with Gasteiger partial charge >= 0.3 is 0 Å². The first-order valence-electron chi connectivity index (χ1n) is 5.14. The van der Waals surface area contributed by atoms with Gasteiger partial charge in [-0.05, 0) is 46.1 Å². The third-order valence-corrected chi connectivity index (χ3v) is 3.43. The van der Waals surface area contributed by atoms with E-state index >= 15 is 0 Å². The van der Waals surface area contributed by atoms with Crippen LogP contribution in [-0.4, -0.2) is 0 Å². The maximum atomic E-state index is 13.4. The minimum absolute atomic E-state index is 0.178. The Morgan fingerprint density at radius 1 is 1.35 bits per heavy atom. The molecule has 0 saturated carbocycles. The molecule has 3 N–H and O–H groups in total. The van der Waals surface area contributed by atoms with Crippen molar-refractivity contribution in [2.75, 3.05) is 0 Å². The van der Waals surface area contributed by atoms with Gasteiger partial charge in [0.2, 0.25) is 0 Å². The monoisotopic (exact) mass is 298 g/mol. The molecule has 0 saturated heterocycles. The van der Waals surface area contributed by atoms with Gasteiger partial charge in [0.1, 0.15) is 11.6 Å². The number of hydrazine groups is 1. The molecule has 17 heavy (non-hydrogen) atoms. The summed E-state index contributed by atoms with van der Waals surface area (Å²) >= 11 is 3.23. The Bertz CT molecular complexity index is 487. The fourth-order valence-electron chi connectivity index (χ4n) is 1.66. The average molecular weight is 299 g/mol. The van der Waals surface area contributed by atoms with Crippen LogP contribution in [0.1, 0.15) is 17.4 Å². The van der Waals surface area contributed by atoms with Gasteiger partial charge in [-0.1, -0.05) is 12.1 Å². The van der Waals surface area contributed by atoms with Gasteiger partial charge in [0.25, 0.3) is 0 Å². The molecule has 90 valence electrons. The second kappa shape index (κ2) is 5.44. The van der Waals surface area contributed by atoms with Crippen LogP contribution in [0.4, 0.5) is 4.39 Å². The van der Waals surface area contributed by atoms with Gasteiger partial charge in [-0.2, -0.15) is 0 Å². The SMILES string of the molecule is NNC(Cc1cccc(F)c1Br)c1ccco1. The van der Waals surface area contributed by atoms with E-state index < -0.39 is 0 Å². The molecule has 5 heteroatoms.